The van der Waals surface area contributed by atoms with Gasteiger partial charge in [0.15, 0.2) is 0 Å². The minimum absolute atomic E-state index is 0. The van der Waals surface area contributed by atoms with E-state index in [9.17, 15) is 0 Å². The first-order valence-electron chi connectivity index (χ1n) is 36.6. The second-order valence-electron chi connectivity index (χ2n) is 28.4. The SMILES string of the molecule is C=O.CC(C)CCCCCOP(OCCCCCC(C)C)OCCCCCC(C)C.CC(C)CCCCCOP(OCCCCCC(C)C)OCCCCCC(C)C.CC(C)CCCCCOP(OCCCCCC(C)C)OCCCCCC(C)C.[Ni]. The summed E-state index contributed by atoms with van der Waals surface area (Å²) in [5, 5.41) is 0. The average molecular weight is 1340 g/mol. The van der Waals surface area contributed by atoms with Crippen LogP contribution in [0.3, 0.4) is 0 Å². The van der Waals surface area contributed by atoms with Crippen molar-refractivity contribution in [1.29, 1.82) is 0 Å². The molecule has 0 amide bonds. The largest absolute Gasteiger partial charge is 0.332 e. The third-order valence-corrected chi connectivity index (χ3v) is 18.1. The van der Waals surface area contributed by atoms with Crippen LogP contribution in [0.15, 0.2) is 0 Å². The van der Waals surface area contributed by atoms with Crippen molar-refractivity contribution >= 4 is 32.6 Å². The van der Waals surface area contributed by atoms with Crippen LogP contribution in [0.25, 0.3) is 0 Å². The smallest absolute Gasteiger partial charge is 0.312 e. The second kappa shape index (κ2) is 77.8. The van der Waals surface area contributed by atoms with Crippen molar-refractivity contribution in [2.45, 2.75) is 356 Å². The van der Waals surface area contributed by atoms with E-state index in [1.165, 1.54) is 173 Å². The molecule has 0 aromatic rings. The minimum Gasteiger partial charge on any atom is -0.312 e. The monoisotopic (exact) mass is 1340 g/mol. The predicted molar refractivity (Wildman–Crippen MR) is 381 cm³/mol. The Labute approximate surface area is 560 Å². The summed E-state index contributed by atoms with van der Waals surface area (Å²) in [5.74, 6) is 7.22. The van der Waals surface area contributed by atoms with Crippen LogP contribution in [0.5, 0.6) is 0 Å². The van der Waals surface area contributed by atoms with Gasteiger partial charge in [-0.1, -0.05) is 298 Å². The van der Waals surface area contributed by atoms with Gasteiger partial charge in [-0.3, -0.25) is 0 Å². The fourth-order valence-electron chi connectivity index (χ4n) is 9.07. The first kappa shape index (κ1) is 96.8. The molecule has 0 radical (unpaired) electrons. The standard InChI is InChI=1S/3C24H51O3P.CH2O.Ni/c3*1-22(2)16-10-7-13-19-25-28(26-20-14-8-11-17-23(3)4)27-21-15-9-12-18-24(5)6;1-2;/h3*22-24H,7-21H2,1-6H3;1H2;. The van der Waals surface area contributed by atoms with Crippen molar-refractivity contribution < 1.29 is 62.0 Å². The molecule has 532 valence electrons. The molecule has 87 heavy (non-hydrogen) atoms. The van der Waals surface area contributed by atoms with E-state index in [-0.39, 0.29) is 16.5 Å². The van der Waals surface area contributed by atoms with Crippen molar-refractivity contribution in [3.8, 4) is 0 Å². The summed E-state index contributed by atoms with van der Waals surface area (Å²) >= 11 is 0. The number of carbonyl (C=O) groups is 1. The fraction of sp³-hybridized carbons (Fsp3) is 0.986. The number of rotatable bonds is 63. The first-order chi connectivity index (χ1) is 41.2. The molecule has 10 nitrogen and oxygen atoms in total. The zero-order valence-corrected chi connectivity index (χ0v) is 65.1. The Morgan fingerprint density at radius 3 is 0.356 bits per heavy atom. The molecule has 0 aliphatic rings. The van der Waals surface area contributed by atoms with Crippen LogP contribution in [-0.2, 0) is 62.0 Å². The van der Waals surface area contributed by atoms with Gasteiger partial charge in [-0.2, -0.15) is 0 Å². The summed E-state index contributed by atoms with van der Waals surface area (Å²) in [6.45, 7) is 50.2. The van der Waals surface area contributed by atoms with Crippen LogP contribution in [0, 0.1) is 53.3 Å². The molecule has 0 rings (SSSR count). The molecule has 0 atom stereocenters. The zero-order chi connectivity index (χ0) is 65.1. The van der Waals surface area contributed by atoms with E-state index in [4.69, 9.17) is 45.5 Å². The Hall–Kier alpha value is 1.09. The van der Waals surface area contributed by atoms with Gasteiger partial charge < -0.3 is 45.5 Å². The van der Waals surface area contributed by atoms with Crippen LogP contribution < -0.4 is 0 Å². The molecule has 0 spiro atoms. The van der Waals surface area contributed by atoms with Gasteiger partial charge in [0.25, 0.3) is 0 Å². The zero-order valence-electron chi connectivity index (χ0n) is 61.5. The van der Waals surface area contributed by atoms with Crippen LogP contribution in [0.2, 0.25) is 0 Å². The number of hydrogen-bond donors (Lipinski definition) is 0. The number of hydrogen-bond acceptors (Lipinski definition) is 10. The normalized spacial score (nSPS) is 11.8. The van der Waals surface area contributed by atoms with Crippen LogP contribution in [-0.4, -0.2) is 66.3 Å². The predicted octanol–water partition coefficient (Wildman–Crippen LogP) is 26.5. The molecule has 0 saturated carbocycles. The molecule has 0 fully saturated rings. The molecule has 0 aliphatic heterocycles. The topological polar surface area (TPSA) is 100 Å². The van der Waals surface area contributed by atoms with Crippen molar-refractivity contribution in [2.75, 3.05) is 59.5 Å². The average Bonchev–Trinajstić information content (AvgIpc) is 3.44. The van der Waals surface area contributed by atoms with Crippen LogP contribution in [0.1, 0.15) is 356 Å². The van der Waals surface area contributed by atoms with E-state index in [1.807, 2.05) is 6.79 Å². The Balaban J connectivity index is -0.000000378. The summed E-state index contributed by atoms with van der Waals surface area (Å²) in [4.78, 5) is 8.00. The molecule has 0 N–H and O–H groups in total. The van der Waals surface area contributed by atoms with Crippen molar-refractivity contribution in [1.82, 2.24) is 0 Å². The second-order valence-corrected chi connectivity index (χ2v) is 32.0. The molecule has 0 aromatic carbocycles. The van der Waals surface area contributed by atoms with E-state index in [0.29, 0.717) is 0 Å². The molecule has 0 aliphatic carbocycles. The molecule has 0 heterocycles. The molecule has 0 unspecified atom stereocenters. The number of carbonyl (C=O) groups excluding carboxylic acids is 1. The molecule has 0 bridgehead atoms. The van der Waals surface area contributed by atoms with Crippen molar-refractivity contribution in [3.05, 3.63) is 0 Å². The van der Waals surface area contributed by atoms with Gasteiger partial charge >= 0.3 is 25.8 Å². The summed E-state index contributed by atoms with van der Waals surface area (Å²) in [7, 11) is -3.48. The maximum Gasteiger partial charge on any atom is 0.332 e. The Morgan fingerprint density at radius 2 is 0.276 bits per heavy atom. The molecule has 0 aromatic heterocycles. The van der Waals surface area contributed by atoms with Crippen LogP contribution in [0.4, 0.5) is 0 Å². The minimum atomic E-state index is -1.16. The molecule has 0 saturated heterocycles. The fourth-order valence-corrected chi connectivity index (χ4v) is 12.2. The Bertz CT molecular complexity index is 952. The molecule has 14 heteroatoms. The van der Waals surface area contributed by atoms with Crippen molar-refractivity contribution in [2.24, 2.45) is 53.3 Å². The van der Waals surface area contributed by atoms with E-state index < -0.39 is 25.8 Å². The Kier molecular flexibility index (Phi) is 86.5. The van der Waals surface area contributed by atoms with E-state index >= 15 is 0 Å². The summed E-state index contributed by atoms with van der Waals surface area (Å²) < 4.78 is 53.6. The quantitative estimate of drug-likeness (QED) is 0.0332. The van der Waals surface area contributed by atoms with E-state index in [0.717, 1.165) is 171 Å². The summed E-state index contributed by atoms with van der Waals surface area (Å²) in [6, 6.07) is 0. The maximum atomic E-state index is 8.00. The van der Waals surface area contributed by atoms with Gasteiger partial charge in [-0.25, -0.2) is 0 Å². The summed E-state index contributed by atoms with van der Waals surface area (Å²) in [5.41, 5.74) is 0. The van der Waals surface area contributed by atoms with Gasteiger partial charge in [0.05, 0.1) is 59.5 Å². The van der Waals surface area contributed by atoms with E-state index in [2.05, 4.69) is 125 Å². The summed E-state index contributed by atoms with van der Waals surface area (Å²) in [6.07, 6.45) is 44.7. The van der Waals surface area contributed by atoms with Gasteiger partial charge in [0.1, 0.15) is 6.79 Å². The molecular weight excluding hydrogens is 1190 g/mol. The van der Waals surface area contributed by atoms with Gasteiger partial charge in [-0.05, 0) is 111 Å². The van der Waals surface area contributed by atoms with Gasteiger partial charge in [-0.15, -0.1) is 0 Å². The third kappa shape index (κ3) is 93.6. The van der Waals surface area contributed by atoms with Gasteiger partial charge in [0, 0.05) is 16.5 Å². The van der Waals surface area contributed by atoms with Crippen molar-refractivity contribution in [3.63, 3.8) is 0 Å². The van der Waals surface area contributed by atoms with E-state index in [1.54, 1.807) is 0 Å². The maximum absolute atomic E-state index is 8.00. The molecular formula is C73H155NiO10P3. The van der Waals surface area contributed by atoms with Crippen LogP contribution >= 0.6 is 25.8 Å². The van der Waals surface area contributed by atoms with Gasteiger partial charge in [0.2, 0.25) is 0 Å². The third-order valence-electron chi connectivity index (χ3n) is 14.6. The Morgan fingerprint density at radius 1 is 0.184 bits per heavy atom. The first-order valence-corrected chi connectivity index (χ1v) is 39.9. The number of unbranched alkanes of at least 4 members (excludes halogenated alkanes) is 18.